The van der Waals surface area contributed by atoms with Gasteiger partial charge in [-0.05, 0) is 18.1 Å². The van der Waals surface area contributed by atoms with Gasteiger partial charge < -0.3 is 5.32 Å². The third kappa shape index (κ3) is 1.07. The minimum atomic E-state index is 0.891. The molecule has 0 aliphatic carbocycles. The van der Waals surface area contributed by atoms with Crippen LogP contribution in [0.5, 0.6) is 0 Å². The molecule has 1 heterocycles. The fourth-order valence-corrected chi connectivity index (χ4v) is 0.954. The molecule has 1 nitrogen and oxygen atoms in total. The first-order valence-corrected chi connectivity index (χ1v) is 3.21. The zero-order valence-electron chi connectivity index (χ0n) is 4.90. The summed E-state index contributed by atoms with van der Waals surface area (Å²) in [6, 6.07) is 0. The van der Waals surface area contributed by atoms with Crippen molar-refractivity contribution in [2.24, 2.45) is 0 Å². The van der Waals surface area contributed by atoms with Crippen LogP contribution in [0.25, 0.3) is 0 Å². The van der Waals surface area contributed by atoms with Gasteiger partial charge in [0, 0.05) is 6.54 Å². The number of nitrogens with one attached hydrogen (secondary N) is 1. The van der Waals surface area contributed by atoms with Crippen molar-refractivity contribution in [1.29, 1.82) is 0 Å². The van der Waals surface area contributed by atoms with Crippen LogP contribution in [0.15, 0.2) is 11.6 Å². The molecule has 0 saturated heterocycles. The topological polar surface area (TPSA) is 12.0 Å². The minimum Gasteiger partial charge on any atom is -0.373 e. The van der Waals surface area contributed by atoms with Crippen LogP contribution in [0.3, 0.4) is 0 Å². The van der Waals surface area contributed by atoms with E-state index in [4.69, 9.17) is 12.2 Å². The van der Waals surface area contributed by atoms with Crippen LogP contribution in [0.4, 0.5) is 0 Å². The van der Waals surface area contributed by atoms with Gasteiger partial charge in [0.1, 0.15) is 0 Å². The molecule has 1 N–H and O–H groups in total. The third-order valence-electron chi connectivity index (χ3n) is 1.28. The molecule has 1 aliphatic rings. The standard InChI is InChI=1S/C6H9NS/c1-2-5-3-6(8)7-4-5/h3H,2,4H2,1H3,(H,7,8). The fourth-order valence-electron chi connectivity index (χ4n) is 0.715. The number of rotatable bonds is 1. The molecular formula is C6H9NS. The maximum absolute atomic E-state index is 4.87. The van der Waals surface area contributed by atoms with Gasteiger partial charge in [0.15, 0.2) is 0 Å². The number of hydrogen-bond donors (Lipinski definition) is 1. The van der Waals surface area contributed by atoms with Crippen molar-refractivity contribution in [2.45, 2.75) is 13.3 Å². The lowest BCUT2D eigenvalue weighted by atomic mass is 10.2. The van der Waals surface area contributed by atoms with Gasteiger partial charge in [-0.15, -0.1) is 0 Å². The highest BCUT2D eigenvalue weighted by Crippen LogP contribution is 2.03. The van der Waals surface area contributed by atoms with Gasteiger partial charge in [0.2, 0.25) is 0 Å². The molecule has 0 bridgehead atoms. The summed E-state index contributed by atoms with van der Waals surface area (Å²) >= 11 is 4.87. The molecule has 8 heavy (non-hydrogen) atoms. The molecule has 0 amide bonds. The summed E-state index contributed by atoms with van der Waals surface area (Å²) < 4.78 is 0. The van der Waals surface area contributed by atoms with Crippen molar-refractivity contribution in [3.63, 3.8) is 0 Å². The Hall–Kier alpha value is -0.370. The van der Waals surface area contributed by atoms with Crippen LogP contribution in [-0.2, 0) is 0 Å². The lowest BCUT2D eigenvalue weighted by Crippen LogP contribution is -2.12. The van der Waals surface area contributed by atoms with Crippen molar-refractivity contribution in [2.75, 3.05) is 6.54 Å². The second-order valence-electron chi connectivity index (χ2n) is 1.87. The molecule has 0 aromatic carbocycles. The molecule has 0 atom stereocenters. The molecule has 1 rings (SSSR count). The van der Waals surface area contributed by atoms with Gasteiger partial charge >= 0.3 is 0 Å². The van der Waals surface area contributed by atoms with Crippen molar-refractivity contribution in [1.82, 2.24) is 5.32 Å². The highest BCUT2D eigenvalue weighted by atomic mass is 32.1. The smallest absolute Gasteiger partial charge is 0.0990 e. The predicted octanol–water partition coefficient (Wildman–Crippen LogP) is 1.25. The maximum atomic E-state index is 4.87. The Morgan fingerprint density at radius 1 is 1.88 bits per heavy atom. The molecule has 0 aromatic heterocycles. The molecule has 2 heteroatoms. The van der Waals surface area contributed by atoms with E-state index in [9.17, 15) is 0 Å². The Labute approximate surface area is 54.8 Å². The SMILES string of the molecule is CCC1=CC(=S)NC1. The first-order valence-electron chi connectivity index (χ1n) is 2.80. The Balaban J connectivity index is 2.57. The summed E-state index contributed by atoms with van der Waals surface area (Å²) in [5, 5.41) is 3.06. The van der Waals surface area contributed by atoms with Crippen LogP contribution in [0.2, 0.25) is 0 Å². The molecular weight excluding hydrogens is 118 g/mol. The summed E-state index contributed by atoms with van der Waals surface area (Å²) in [7, 11) is 0. The molecule has 0 aromatic rings. The highest BCUT2D eigenvalue weighted by Gasteiger charge is 2.03. The van der Waals surface area contributed by atoms with E-state index in [-0.39, 0.29) is 0 Å². The van der Waals surface area contributed by atoms with E-state index in [1.54, 1.807) is 0 Å². The van der Waals surface area contributed by atoms with Gasteiger partial charge in [0.25, 0.3) is 0 Å². The van der Waals surface area contributed by atoms with Gasteiger partial charge in [0.05, 0.1) is 4.99 Å². The van der Waals surface area contributed by atoms with Crippen LogP contribution in [0.1, 0.15) is 13.3 Å². The van der Waals surface area contributed by atoms with Gasteiger partial charge in [-0.3, -0.25) is 0 Å². The molecule has 0 spiro atoms. The third-order valence-corrected chi connectivity index (χ3v) is 1.54. The van der Waals surface area contributed by atoms with E-state index < -0.39 is 0 Å². The average molecular weight is 127 g/mol. The maximum Gasteiger partial charge on any atom is 0.0990 e. The summed E-state index contributed by atoms with van der Waals surface area (Å²) in [6.07, 6.45) is 3.16. The average Bonchev–Trinajstić information content (AvgIpc) is 2.14. The van der Waals surface area contributed by atoms with Crippen LogP contribution < -0.4 is 5.32 Å². The van der Waals surface area contributed by atoms with E-state index in [0.717, 1.165) is 18.0 Å². The van der Waals surface area contributed by atoms with Crippen LogP contribution >= 0.6 is 12.2 Å². The fraction of sp³-hybridized carbons (Fsp3) is 0.500. The molecule has 44 valence electrons. The Kier molecular flexibility index (Phi) is 1.63. The summed E-state index contributed by atoms with van der Waals surface area (Å²) in [6.45, 7) is 3.11. The Bertz CT molecular complexity index is 137. The van der Waals surface area contributed by atoms with E-state index in [1.807, 2.05) is 6.08 Å². The van der Waals surface area contributed by atoms with Gasteiger partial charge in [-0.25, -0.2) is 0 Å². The van der Waals surface area contributed by atoms with E-state index >= 15 is 0 Å². The quantitative estimate of drug-likeness (QED) is 0.532. The zero-order valence-corrected chi connectivity index (χ0v) is 5.72. The first-order chi connectivity index (χ1) is 3.83. The Morgan fingerprint density at radius 3 is 2.88 bits per heavy atom. The summed E-state index contributed by atoms with van der Waals surface area (Å²) in [5.74, 6) is 0. The lowest BCUT2D eigenvalue weighted by molar-refractivity contribution is 0.968. The molecule has 0 unspecified atom stereocenters. The van der Waals surface area contributed by atoms with Crippen molar-refractivity contribution >= 4 is 17.2 Å². The molecule has 0 saturated carbocycles. The minimum absolute atomic E-state index is 0.891. The van der Waals surface area contributed by atoms with Crippen molar-refractivity contribution in [3.05, 3.63) is 11.6 Å². The number of thiocarbonyl (C=S) groups is 1. The first kappa shape index (κ1) is 5.76. The lowest BCUT2D eigenvalue weighted by Gasteiger charge is -1.91. The largest absolute Gasteiger partial charge is 0.373 e. The predicted molar refractivity (Wildman–Crippen MR) is 39.0 cm³/mol. The van der Waals surface area contributed by atoms with E-state index in [1.165, 1.54) is 5.57 Å². The van der Waals surface area contributed by atoms with Crippen molar-refractivity contribution in [3.8, 4) is 0 Å². The molecule has 1 aliphatic heterocycles. The monoisotopic (exact) mass is 127 g/mol. The van der Waals surface area contributed by atoms with E-state index in [0.29, 0.717) is 0 Å². The normalized spacial score (nSPS) is 18.1. The number of hydrogen-bond acceptors (Lipinski definition) is 1. The molecule has 0 radical (unpaired) electrons. The van der Waals surface area contributed by atoms with Crippen LogP contribution in [-0.4, -0.2) is 11.5 Å². The highest BCUT2D eigenvalue weighted by molar-refractivity contribution is 7.80. The Morgan fingerprint density at radius 2 is 2.62 bits per heavy atom. The molecule has 0 fully saturated rings. The van der Waals surface area contributed by atoms with Crippen LogP contribution in [0, 0.1) is 0 Å². The van der Waals surface area contributed by atoms with Gasteiger partial charge in [-0.2, -0.15) is 0 Å². The zero-order chi connectivity index (χ0) is 5.98. The summed E-state index contributed by atoms with van der Waals surface area (Å²) in [5.41, 5.74) is 1.41. The summed E-state index contributed by atoms with van der Waals surface area (Å²) in [4.78, 5) is 0.891. The second-order valence-corrected chi connectivity index (χ2v) is 2.31. The van der Waals surface area contributed by atoms with Gasteiger partial charge in [-0.1, -0.05) is 19.1 Å². The van der Waals surface area contributed by atoms with E-state index in [2.05, 4.69) is 12.2 Å². The second kappa shape index (κ2) is 2.27. The van der Waals surface area contributed by atoms with Crippen molar-refractivity contribution < 1.29 is 0 Å².